The van der Waals surface area contributed by atoms with Crippen molar-refractivity contribution >= 4 is 5.91 Å². The van der Waals surface area contributed by atoms with Crippen LogP contribution in [0.4, 0.5) is 0 Å². The zero-order chi connectivity index (χ0) is 15.9. The van der Waals surface area contributed by atoms with E-state index in [1.54, 1.807) is 4.90 Å². The Hall–Kier alpha value is -0.610. The largest absolute Gasteiger partial charge is 0.349 e. The number of carbonyl (C=O) groups excluding carboxylic acids is 1. The van der Waals surface area contributed by atoms with Gasteiger partial charge in [0.25, 0.3) is 0 Å². The van der Waals surface area contributed by atoms with Crippen LogP contribution in [0, 0.1) is 5.92 Å². The second-order valence-corrected chi connectivity index (χ2v) is 7.01. The minimum atomic E-state index is 0.175. The monoisotopic (exact) mass is 297 g/mol. The Labute approximate surface area is 131 Å². The van der Waals surface area contributed by atoms with Gasteiger partial charge < -0.3 is 10.6 Å². The molecule has 0 heterocycles. The van der Waals surface area contributed by atoms with Crippen molar-refractivity contribution in [2.75, 3.05) is 33.7 Å². The van der Waals surface area contributed by atoms with Crippen LogP contribution in [0.5, 0.6) is 0 Å². The van der Waals surface area contributed by atoms with Crippen LogP contribution in [-0.4, -0.2) is 55.0 Å². The summed E-state index contributed by atoms with van der Waals surface area (Å²) in [6, 6.07) is 0. The zero-order valence-electron chi connectivity index (χ0n) is 14.5. The van der Waals surface area contributed by atoms with Gasteiger partial charge >= 0.3 is 0 Å². The third-order valence-corrected chi connectivity index (χ3v) is 4.93. The Kier molecular flexibility index (Phi) is 7.67. The molecular weight excluding hydrogens is 262 g/mol. The molecule has 2 unspecified atom stereocenters. The molecule has 0 bridgehead atoms. The number of hydrogen-bond donors (Lipinski definition) is 1. The third kappa shape index (κ3) is 5.26. The second-order valence-electron chi connectivity index (χ2n) is 7.01. The maximum Gasteiger partial charge on any atom is 0.222 e. The molecule has 2 N–H and O–H groups in total. The van der Waals surface area contributed by atoms with Gasteiger partial charge in [0.2, 0.25) is 5.91 Å². The number of nitrogens with two attached hydrogens (primary N) is 1. The van der Waals surface area contributed by atoms with Gasteiger partial charge in [-0.15, -0.1) is 0 Å². The van der Waals surface area contributed by atoms with Gasteiger partial charge in [0.1, 0.15) is 0 Å². The average molecular weight is 297 g/mol. The molecule has 1 saturated carbocycles. The number of rotatable bonds is 8. The maximum atomic E-state index is 11.7. The molecule has 0 aliphatic heterocycles. The SMILES string of the molecule is CCCN(CCCC(=O)N(C)C)C1(CN)CCCC(C)C1. The Morgan fingerprint density at radius 2 is 2.05 bits per heavy atom. The first kappa shape index (κ1) is 18.4. The molecule has 0 aromatic rings. The summed E-state index contributed by atoms with van der Waals surface area (Å²) >= 11 is 0. The van der Waals surface area contributed by atoms with Gasteiger partial charge in [0, 0.05) is 32.6 Å². The van der Waals surface area contributed by atoms with E-state index < -0.39 is 0 Å². The van der Waals surface area contributed by atoms with Crippen molar-refractivity contribution < 1.29 is 4.79 Å². The summed E-state index contributed by atoms with van der Waals surface area (Å²) in [6.45, 7) is 7.42. The van der Waals surface area contributed by atoms with Crippen molar-refractivity contribution in [2.24, 2.45) is 11.7 Å². The highest BCUT2D eigenvalue weighted by atomic mass is 16.2. The van der Waals surface area contributed by atoms with Crippen LogP contribution in [0.25, 0.3) is 0 Å². The van der Waals surface area contributed by atoms with Gasteiger partial charge in [0.05, 0.1) is 0 Å². The van der Waals surface area contributed by atoms with Gasteiger partial charge in [-0.25, -0.2) is 0 Å². The normalized spacial score (nSPS) is 26.1. The molecule has 4 heteroatoms. The van der Waals surface area contributed by atoms with Crippen molar-refractivity contribution in [2.45, 2.75) is 64.3 Å². The quantitative estimate of drug-likeness (QED) is 0.749. The molecule has 0 spiro atoms. The summed E-state index contributed by atoms with van der Waals surface area (Å²) in [5, 5.41) is 0. The van der Waals surface area contributed by atoms with Crippen LogP contribution in [0.1, 0.15) is 58.8 Å². The molecule has 2 atom stereocenters. The summed E-state index contributed by atoms with van der Waals surface area (Å²) < 4.78 is 0. The fourth-order valence-corrected chi connectivity index (χ4v) is 3.73. The first-order valence-corrected chi connectivity index (χ1v) is 8.60. The minimum absolute atomic E-state index is 0.175. The van der Waals surface area contributed by atoms with Crippen LogP contribution >= 0.6 is 0 Å². The smallest absolute Gasteiger partial charge is 0.222 e. The molecule has 1 rings (SSSR count). The van der Waals surface area contributed by atoms with Crippen molar-refractivity contribution in [1.29, 1.82) is 0 Å². The molecule has 124 valence electrons. The van der Waals surface area contributed by atoms with E-state index in [0.717, 1.165) is 38.4 Å². The summed E-state index contributed by atoms with van der Waals surface area (Å²) in [5.74, 6) is 0.996. The molecule has 1 amide bonds. The molecule has 0 aromatic heterocycles. The van der Waals surface area contributed by atoms with Gasteiger partial charge in [-0.05, 0) is 44.7 Å². The molecule has 0 radical (unpaired) electrons. The van der Waals surface area contributed by atoms with Crippen LogP contribution < -0.4 is 5.73 Å². The summed E-state index contributed by atoms with van der Waals surface area (Å²) in [5.41, 5.74) is 6.37. The Morgan fingerprint density at radius 3 is 2.57 bits per heavy atom. The molecule has 4 nitrogen and oxygen atoms in total. The Bertz CT molecular complexity index is 319. The van der Waals surface area contributed by atoms with Crippen LogP contribution in [0.15, 0.2) is 0 Å². The lowest BCUT2D eigenvalue weighted by atomic mass is 9.75. The summed E-state index contributed by atoms with van der Waals surface area (Å²) in [6.07, 6.45) is 7.78. The van der Waals surface area contributed by atoms with E-state index in [2.05, 4.69) is 18.7 Å². The highest BCUT2D eigenvalue weighted by Gasteiger charge is 2.38. The molecule has 21 heavy (non-hydrogen) atoms. The highest BCUT2D eigenvalue weighted by Crippen LogP contribution is 2.36. The predicted molar refractivity (Wildman–Crippen MR) is 89.2 cm³/mol. The van der Waals surface area contributed by atoms with Gasteiger partial charge in [-0.2, -0.15) is 0 Å². The van der Waals surface area contributed by atoms with E-state index >= 15 is 0 Å². The van der Waals surface area contributed by atoms with Crippen molar-refractivity contribution in [3.63, 3.8) is 0 Å². The molecule has 0 saturated heterocycles. The highest BCUT2D eigenvalue weighted by molar-refractivity contribution is 5.75. The standard InChI is InChI=1S/C17H35N3O/c1-5-11-20(12-7-9-16(21)19(3)4)17(14-18)10-6-8-15(2)13-17/h15H,5-14,18H2,1-4H3. The summed E-state index contributed by atoms with van der Waals surface area (Å²) in [7, 11) is 3.66. The fraction of sp³-hybridized carbons (Fsp3) is 0.941. The van der Waals surface area contributed by atoms with E-state index in [1.165, 1.54) is 25.7 Å². The number of carbonyl (C=O) groups is 1. The van der Waals surface area contributed by atoms with Gasteiger partial charge in [-0.1, -0.05) is 26.7 Å². The fourth-order valence-electron chi connectivity index (χ4n) is 3.73. The van der Waals surface area contributed by atoms with E-state index in [-0.39, 0.29) is 11.4 Å². The first-order valence-electron chi connectivity index (χ1n) is 8.60. The topological polar surface area (TPSA) is 49.6 Å². The lowest BCUT2D eigenvalue weighted by Gasteiger charge is -2.48. The predicted octanol–water partition coefficient (Wildman–Crippen LogP) is 2.47. The average Bonchev–Trinajstić information content (AvgIpc) is 2.45. The van der Waals surface area contributed by atoms with E-state index in [1.807, 2.05) is 14.1 Å². The van der Waals surface area contributed by atoms with E-state index in [0.29, 0.717) is 6.42 Å². The molecule has 1 aliphatic carbocycles. The lowest BCUT2D eigenvalue weighted by Crippen LogP contribution is -2.56. The van der Waals surface area contributed by atoms with Gasteiger partial charge in [-0.3, -0.25) is 9.69 Å². The second kappa shape index (κ2) is 8.74. The molecule has 0 aromatic carbocycles. The van der Waals surface area contributed by atoms with E-state index in [9.17, 15) is 4.79 Å². The number of amides is 1. The van der Waals surface area contributed by atoms with Gasteiger partial charge in [0.15, 0.2) is 0 Å². The zero-order valence-corrected chi connectivity index (χ0v) is 14.5. The van der Waals surface area contributed by atoms with Crippen LogP contribution in [0.2, 0.25) is 0 Å². The number of nitrogens with zero attached hydrogens (tertiary/aromatic N) is 2. The van der Waals surface area contributed by atoms with Crippen LogP contribution in [0.3, 0.4) is 0 Å². The molecular formula is C17H35N3O. The maximum absolute atomic E-state index is 11.7. The Morgan fingerprint density at radius 1 is 1.33 bits per heavy atom. The Balaban J connectivity index is 2.63. The van der Waals surface area contributed by atoms with E-state index in [4.69, 9.17) is 5.73 Å². The third-order valence-electron chi connectivity index (χ3n) is 4.93. The first-order chi connectivity index (χ1) is 9.95. The molecule has 1 aliphatic rings. The van der Waals surface area contributed by atoms with Crippen LogP contribution in [-0.2, 0) is 4.79 Å². The molecule has 1 fully saturated rings. The minimum Gasteiger partial charge on any atom is -0.349 e. The van der Waals surface area contributed by atoms with Crippen molar-refractivity contribution in [3.05, 3.63) is 0 Å². The van der Waals surface area contributed by atoms with Crippen molar-refractivity contribution in [1.82, 2.24) is 9.80 Å². The summed E-state index contributed by atoms with van der Waals surface area (Å²) in [4.78, 5) is 16.0. The lowest BCUT2D eigenvalue weighted by molar-refractivity contribution is -0.128. The van der Waals surface area contributed by atoms with Crippen molar-refractivity contribution in [3.8, 4) is 0 Å². The number of hydrogen-bond acceptors (Lipinski definition) is 3.